The van der Waals surface area contributed by atoms with E-state index in [-0.39, 0.29) is 24.3 Å². The monoisotopic (exact) mass is 912 g/mol. The molecular formula is C44H56N4O11S3-2. The first kappa shape index (κ1) is 47.3. The summed E-state index contributed by atoms with van der Waals surface area (Å²) in [6.45, 7) is 14.9. The van der Waals surface area contributed by atoms with Crippen molar-refractivity contribution in [2.45, 2.75) is 82.4 Å². The predicted octanol–water partition coefficient (Wildman–Crippen LogP) is 4.41. The summed E-state index contributed by atoms with van der Waals surface area (Å²) in [6.07, 6.45) is 10.9. The van der Waals surface area contributed by atoms with Gasteiger partial charge in [0, 0.05) is 75.9 Å². The average molecular weight is 913 g/mol. The molecule has 2 fully saturated rings. The number of ether oxygens (including phenoxy) is 1. The SMILES string of the molecule is Cc1ccc2c(c1)C(C)(C)/C(=C/C=C1\CCC/C(=C\C=C3/N(CCCS(=O)(=O)[O-])c4ccc(S(=O)(=O)[O-])cc4C3(C)C)C1=[N+]1CCN(CCOC=O)CC1)N2CCCS(=O)(=O)[O-]. The van der Waals surface area contributed by atoms with Crippen LogP contribution in [0.25, 0.3) is 0 Å². The standard InChI is InChI=1S/C44H58N4O11S3/c1-32-11-15-38-36(29-32)43(2,3)40(47(38)19-7-27-60(50,51)52)17-12-33-9-6-10-34(42(33)46-23-21-45(22-24-46)25-26-59-31-49)13-18-41-44(4,5)37-30-35(62(56,57)58)14-16-39(37)48(41)20-8-28-61(53,54)55/h11-18,29-31H,6-10,19-28H2,1-5H3,(H2-,50,51,52,53,54,55,56,57,58)/p-2. The number of hydrogen-bond acceptors (Lipinski definition) is 14. The number of allylic oxidation sites excluding steroid dienone is 8. The number of fused-ring (bicyclic) bond motifs is 2. The molecule has 0 radical (unpaired) electrons. The molecule has 338 valence electrons. The Morgan fingerprint density at radius 2 is 1.21 bits per heavy atom. The van der Waals surface area contributed by atoms with Gasteiger partial charge in [-0.05, 0) is 86.6 Å². The maximum atomic E-state index is 12.1. The van der Waals surface area contributed by atoms with Crippen LogP contribution in [0, 0.1) is 6.92 Å². The number of nitrogens with zero attached hydrogens (tertiary/aromatic N) is 4. The Hall–Kier alpha value is -4.17. The molecule has 15 nitrogen and oxygen atoms in total. The number of carbonyl (C=O) groups excluding carboxylic acids is 1. The summed E-state index contributed by atoms with van der Waals surface area (Å²) < 4.78 is 113. The molecule has 0 atom stereocenters. The fourth-order valence-corrected chi connectivity index (χ4v) is 10.8. The van der Waals surface area contributed by atoms with Crippen LogP contribution in [0.2, 0.25) is 0 Å². The molecule has 3 heterocycles. The summed E-state index contributed by atoms with van der Waals surface area (Å²) in [5.41, 5.74) is 8.10. The zero-order valence-electron chi connectivity index (χ0n) is 36.0. The van der Waals surface area contributed by atoms with Crippen LogP contribution in [0.4, 0.5) is 11.4 Å². The van der Waals surface area contributed by atoms with Gasteiger partial charge in [-0.15, -0.1) is 0 Å². The largest absolute Gasteiger partial charge is 0.748 e. The smallest absolute Gasteiger partial charge is 0.293 e. The summed E-state index contributed by atoms with van der Waals surface area (Å²) in [6, 6.07) is 10.4. The molecule has 3 aliphatic heterocycles. The van der Waals surface area contributed by atoms with Crippen molar-refractivity contribution >= 4 is 53.9 Å². The van der Waals surface area contributed by atoms with Crippen LogP contribution in [0.1, 0.15) is 76.5 Å². The molecular weight excluding hydrogens is 857 g/mol. The van der Waals surface area contributed by atoms with Crippen molar-refractivity contribution in [3.63, 3.8) is 0 Å². The molecule has 4 aliphatic rings. The molecule has 1 saturated carbocycles. The van der Waals surface area contributed by atoms with Crippen molar-refractivity contribution in [2.75, 3.05) is 73.7 Å². The van der Waals surface area contributed by atoms with Crippen LogP contribution in [-0.2, 0) is 50.7 Å². The summed E-state index contributed by atoms with van der Waals surface area (Å²) in [4.78, 5) is 16.7. The number of piperazine rings is 1. The molecule has 2 aromatic rings. The maximum absolute atomic E-state index is 12.1. The molecule has 62 heavy (non-hydrogen) atoms. The molecule has 1 aliphatic carbocycles. The molecule has 1 saturated heterocycles. The Kier molecular flexibility index (Phi) is 14.1. The molecule has 0 N–H and O–H groups in total. The van der Waals surface area contributed by atoms with E-state index in [1.54, 1.807) is 6.07 Å². The van der Waals surface area contributed by atoms with Crippen LogP contribution in [0.15, 0.2) is 88.1 Å². The van der Waals surface area contributed by atoms with Gasteiger partial charge in [0.25, 0.3) is 6.47 Å². The van der Waals surface area contributed by atoms with E-state index in [4.69, 9.17) is 4.74 Å². The van der Waals surface area contributed by atoms with Crippen molar-refractivity contribution in [2.24, 2.45) is 0 Å². The van der Waals surface area contributed by atoms with Gasteiger partial charge in [-0.2, -0.15) is 0 Å². The zero-order chi connectivity index (χ0) is 45.3. The Balaban J connectivity index is 1.45. The van der Waals surface area contributed by atoms with Crippen LogP contribution < -0.4 is 9.80 Å². The van der Waals surface area contributed by atoms with Gasteiger partial charge in [0.05, 0.1) is 38.2 Å². The number of rotatable bonds is 15. The van der Waals surface area contributed by atoms with E-state index >= 15 is 0 Å². The van der Waals surface area contributed by atoms with E-state index in [1.165, 1.54) is 12.1 Å². The summed E-state index contributed by atoms with van der Waals surface area (Å²) in [7, 11) is -13.7. The van der Waals surface area contributed by atoms with Crippen LogP contribution in [0.3, 0.4) is 0 Å². The van der Waals surface area contributed by atoms with Gasteiger partial charge < -0.3 is 28.2 Å². The molecule has 2 aromatic carbocycles. The van der Waals surface area contributed by atoms with Crippen molar-refractivity contribution in [1.82, 2.24) is 4.90 Å². The lowest BCUT2D eigenvalue weighted by Crippen LogP contribution is -2.46. The molecule has 18 heteroatoms. The Bertz CT molecular complexity index is 2560. The maximum Gasteiger partial charge on any atom is 0.293 e. The van der Waals surface area contributed by atoms with Gasteiger partial charge in [-0.3, -0.25) is 9.69 Å². The number of anilines is 2. The minimum absolute atomic E-state index is 0.0292. The molecule has 0 aromatic heterocycles. The lowest BCUT2D eigenvalue weighted by atomic mass is 9.82. The van der Waals surface area contributed by atoms with Gasteiger partial charge in [0.15, 0.2) is 13.1 Å². The van der Waals surface area contributed by atoms with Crippen LogP contribution in [-0.4, -0.2) is 124 Å². The van der Waals surface area contributed by atoms with Gasteiger partial charge in [-0.1, -0.05) is 57.5 Å². The quantitative estimate of drug-likeness (QED) is 0.105. The molecule has 0 amide bonds. The third-order valence-corrected chi connectivity index (χ3v) is 14.8. The van der Waals surface area contributed by atoms with E-state index < -0.39 is 52.7 Å². The first-order valence-corrected chi connectivity index (χ1v) is 25.4. The molecule has 6 rings (SSSR count). The van der Waals surface area contributed by atoms with E-state index in [0.29, 0.717) is 50.5 Å². The molecule has 0 unspecified atom stereocenters. The van der Waals surface area contributed by atoms with Crippen molar-refractivity contribution < 1.29 is 53.0 Å². The highest BCUT2D eigenvalue weighted by Gasteiger charge is 2.42. The fourth-order valence-electron chi connectivity index (χ4n) is 9.31. The van der Waals surface area contributed by atoms with Gasteiger partial charge in [0.1, 0.15) is 16.7 Å². The Morgan fingerprint density at radius 3 is 1.69 bits per heavy atom. The number of carbonyl (C=O) groups is 1. The topological polar surface area (TPSA) is 211 Å². The van der Waals surface area contributed by atoms with E-state index in [0.717, 1.165) is 77.4 Å². The van der Waals surface area contributed by atoms with Crippen molar-refractivity contribution in [3.05, 3.63) is 99.9 Å². The van der Waals surface area contributed by atoms with Gasteiger partial charge >= 0.3 is 0 Å². The van der Waals surface area contributed by atoms with E-state index in [9.17, 15) is 43.7 Å². The average Bonchev–Trinajstić information content (AvgIpc) is 3.52. The summed E-state index contributed by atoms with van der Waals surface area (Å²) >= 11 is 0. The van der Waals surface area contributed by atoms with Crippen LogP contribution >= 0.6 is 0 Å². The van der Waals surface area contributed by atoms with Crippen molar-refractivity contribution in [1.29, 1.82) is 0 Å². The zero-order valence-corrected chi connectivity index (χ0v) is 38.4. The highest BCUT2D eigenvalue weighted by Crippen LogP contribution is 2.50. The number of aryl methyl sites for hydroxylation is 1. The second-order valence-corrected chi connectivity index (χ2v) is 21.9. The Morgan fingerprint density at radius 1 is 0.710 bits per heavy atom. The van der Waals surface area contributed by atoms with E-state index in [1.807, 2.05) is 43.9 Å². The first-order valence-electron chi connectivity index (χ1n) is 20.9. The fraction of sp³-hybridized carbons (Fsp3) is 0.500. The normalized spacial score (nSPS) is 21.9. The van der Waals surface area contributed by atoms with Gasteiger partial charge in [-0.25, -0.2) is 29.8 Å². The lowest BCUT2D eigenvalue weighted by Gasteiger charge is -2.29. The molecule has 0 spiro atoms. The third-order valence-electron chi connectivity index (χ3n) is 12.4. The van der Waals surface area contributed by atoms with Crippen LogP contribution in [0.5, 0.6) is 0 Å². The Labute approximate surface area is 366 Å². The highest BCUT2D eigenvalue weighted by atomic mass is 32.2. The second-order valence-electron chi connectivity index (χ2n) is 17.4. The molecule has 0 bridgehead atoms. The summed E-state index contributed by atoms with van der Waals surface area (Å²) in [5.74, 6) is -1.05. The van der Waals surface area contributed by atoms with Gasteiger partial charge in [0.2, 0.25) is 5.71 Å². The first-order chi connectivity index (χ1) is 29.0. The third kappa shape index (κ3) is 10.8. The summed E-state index contributed by atoms with van der Waals surface area (Å²) in [5, 5.41) is 0. The lowest BCUT2D eigenvalue weighted by molar-refractivity contribution is -0.539. The minimum atomic E-state index is -4.77. The number of benzene rings is 2. The minimum Gasteiger partial charge on any atom is -0.748 e. The second kappa shape index (κ2) is 18.5. The predicted molar refractivity (Wildman–Crippen MR) is 234 cm³/mol. The number of hydrogen-bond donors (Lipinski definition) is 0. The van der Waals surface area contributed by atoms with E-state index in [2.05, 4.69) is 52.5 Å². The highest BCUT2D eigenvalue weighted by molar-refractivity contribution is 7.86. The van der Waals surface area contributed by atoms with Crippen molar-refractivity contribution in [3.8, 4) is 0 Å².